The average Bonchev–Trinajstić information content (AvgIpc) is 2.41. The Balaban J connectivity index is 1.99. The van der Waals surface area contributed by atoms with Gasteiger partial charge in [0.15, 0.2) is 0 Å². The number of nitrogens with zero attached hydrogens (tertiary/aromatic N) is 1. The van der Waals surface area contributed by atoms with E-state index in [-0.39, 0.29) is 17.8 Å². The van der Waals surface area contributed by atoms with E-state index in [0.717, 1.165) is 32.0 Å². The molecule has 0 aromatic heterocycles. The smallest absolute Gasteiger partial charge is 0.217 e. The van der Waals surface area contributed by atoms with Gasteiger partial charge in [-0.15, -0.1) is 0 Å². The number of primary amides is 1. The minimum absolute atomic E-state index is 0.166. The van der Waals surface area contributed by atoms with Crippen molar-refractivity contribution in [3.8, 4) is 0 Å². The van der Waals surface area contributed by atoms with Crippen LogP contribution in [0, 0.1) is 17.6 Å². The molecule has 1 atom stereocenters. The minimum atomic E-state index is -0.420. The number of carbonyl (C=O) groups is 1. The molecule has 0 aliphatic carbocycles. The quantitative estimate of drug-likeness (QED) is 0.922. The second-order valence-corrected chi connectivity index (χ2v) is 5.49. The molecule has 0 saturated carbocycles. The molecule has 1 aliphatic rings. The Labute approximate surface area is 117 Å². The van der Waals surface area contributed by atoms with Gasteiger partial charge in [-0.2, -0.15) is 0 Å². The minimum Gasteiger partial charge on any atom is -0.370 e. The summed E-state index contributed by atoms with van der Waals surface area (Å²) in [5, 5.41) is 0. The van der Waals surface area contributed by atoms with Crippen molar-refractivity contribution in [3.05, 3.63) is 35.4 Å². The van der Waals surface area contributed by atoms with Crippen LogP contribution in [-0.4, -0.2) is 23.9 Å². The van der Waals surface area contributed by atoms with Gasteiger partial charge in [-0.25, -0.2) is 8.78 Å². The van der Waals surface area contributed by atoms with E-state index in [0.29, 0.717) is 17.9 Å². The van der Waals surface area contributed by atoms with Crippen molar-refractivity contribution in [2.75, 3.05) is 13.1 Å². The largest absolute Gasteiger partial charge is 0.370 e. The molecule has 1 aromatic carbocycles. The Morgan fingerprint density at radius 2 is 2.05 bits per heavy atom. The van der Waals surface area contributed by atoms with Crippen LogP contribution >= 0.6 is 0 Å². The first-order valence-electron chi connectivity index (χ1n) is 6.94. The van der Waals surface area contributed by atoms with Crippen molar-refractivity contribution >= 4 is 5.91 Å². The van der Waals surface area contributed by atoms with Crippen LogP contribution in [0.2, 0.25) is 0 Å². The molecule has 0 spiro atoms. The lowest BCUT2D eigenvalue weighted by molar-refractivity contribution is -0.119. The van der Waals surface area contributed by atoms with Crippen LogP contribution in [0.15, 0.2) is 18.2 Å². The van der Waals surface area contributed by atoms with E-state index >= 15 is 0 Å². The summed E-state index contributed by atoms with van der Waals surface area (Å²) in [5.74, 6) is -0.754. The number of halogens is 2. The van der Waals surface area contributed by atoms with Crippen LogP contribution in [0.1, 0.15) is 37.8 Å². The number of amides is 1. The number of likely N-dealkylation sites (tertiary alicyclic amines) is 1. The predicted octanol–water partition coefficient (Wildman–Crippen LogP) is 2.61. The van der Waals surface area contributed by atoms with Crippen LogP contribution in [0.3, 0.4) is 0 Å². The maximum atomic E-state index is 13.8. The Morgan fingerprint density at radius 3 is 2.65 bits per heavy atom. The first-order valence-corrected chi connectivity index (χ1v) is 6.94. The number of hydrogen-bond donors (Lipinski definition) is 1. The number of hydrogen-bond acceptors (Lipinski definition) is 2. The third kappa shape index (κ3) is 3.54. The van der Waals surface area contributed by atoms with Crippen LogP contribution in [0.25, 0.3) is 0 Å². The summed E-state index contributed by atoms with van der Waals surface area (Å²) in [6.07, 6.45) is 2.14. The number of rotatable bonds is 4. The number of nitrogens with two attached hydrogens (primary N) is 1. The van der Waals surface area contributed by atoms with Crippen molar-refractivity contribution in [3.63, 3.8) is 0 Å². The van der Waals surface area contributed by atoms with Gasteiger partial charge in [0, 0.05) is 18.0 Å². The van der Waals surface area contributed by atoms with E-state index in [2.05, 4.69) is 4.90 Å². The predicted molar refractivity (Wildman–Crippen MR) is 72.9 cm³/mol. The van der Waals surface area contributed by atoms with Crippen LogP contribution in [-0.2, 0) is 4.79 Å². The third-order valence-corrected chi connectivity index (χ3v) is 4.09. The van der Waals surface area contributed by atoms with E-state index in [1.807, 2.05) is 6.92 Å². The lowest BCUT2D eigenvalue weighted by atomic mass is 9.91. The summed E-state index contributed by atoms with van der Waals surface area (Å²) < 4.78 is 27.0. The summed E-state index contributed by atoms with van der Waals surface area (Å²) in [7, 11) is 0. The average molecular weight is 282 g/mol. The van der Waals surface area contributed by atoms with E-state index in [1.54, 1.807) is 0 Å². The monoisotopic (exact) mass is 282 g/mol. The molecule has 2 N–H and O–H groups in total. The maximum Gasteiger partial charge on any atom is 0.217 e. The fourth-order valence-electron chi connectivity index (χ4n) is 2.86. The second-order valence-electron chi connectivity index (χ2n) is 5.49. The summed E-state index contributed by atoms with van der Waals surface area (Å²) in [6, 6.07) is 3.39. The van der Waals surface area contributed by atoms with Crippen LogP contribution < -0.4 is 5.73 Å². The van der Waals surface area contributed by atoms with Gasteiger partial charge in [-0.05, 0) is 57.0 Å². The van der Waals surface area contributed by atoms with Crippen molar-refractivity contribution in [2.45, 2.75) is 32.2 Å². The zero-order valence-corrected chi connectivity index (χ0v) is 11.6. The summed E-state index contributed by atoms with van der Waals surface area (Å²) >= 11 is 0. The van der Waals surface area contributed by atoms with E-state index in [9.17, 15) is 13.6 Å². The van der Waals surface area contributed by atoms with Crippen molar-refractivity contribution in [1.29, 1.82) is 0 Å². The van der Waals surface area contributed by atoms with Crippen molar-refractivity contribution in [2.24, 2.45) is 11.7 Å². The standard InChI is InChI=1S/C15H20F2N2O/c1-10(13-9-12(16)2-3-14(13)17)19-6-4-11(5-7-19)8-15(18)20/h2-3,9-11H,4-8H2,1H3,(H2,18,20)/t10-/m1/s1. The molecular formula is C15H20F2N2O. The highest BCUT2D eigenvalue weighted by Crippen LogP contribution is 2.29. The molecule has 1 aliphatic heterocycles. The molecule has 3 nitrogen and oxygen atoms in total. The van der Waals surface area contributed by atoms with Crippen LogP contribution in [0.5, 0.6) is 0 Å². The third-order valence-electron chi connectivity index (χ3n) is 4.09. The molecule has 5 heteroatoms. The molecular weight excluding hydrogens is 262 g/mol. The topological polar surface area (TPSA) is 46.3 Å². The molecule has 110 valence electrons. The number of carbonyl (C=O) groups excluding carboxylic acids is 1. The molecule has 1 fully saturated rings. The van der Waals surface area contributed by atoms with Crippen molar-refractivity contribution in [1.82, 2.24) is 4.90 Å². The van der Waals surface area contributed by atoms with Gasteiger partial charge >= 0.3 is 0 Å². The van der Waals surface area contributed by atoms with Gasteiger partial charge in [0.1, 0.15) is 11.6 Å². The molecule has 1 heterocycles. The summed E-state index contributed by atoms with van der Waals surface area (Å²) in [5.41, 5.74) is 5.59. The zero-order chi connectivity index (χ0) is 14.7. The molecule has 0 bridgehead atoms. The zero-order valence-electron chi connectivity index (χ0n) is 11.6. The molecule has 20 heavy (non-hydrogen) atoms. The lowest BCUT2D eigenvalue weighted by Crippen LogP contribution is -2.37. The highest BCUT2D eigenvalue weighted by atomic mass is 19.1. The summed E-state index contributed by atoms with van der Waals surface area (Å²) in [4.78, 5) is 13.0. The Bertz CT molecular complexity index is 485. The fraction of sp³-hybridized carbons (Fsp3) is 0.533. The van der Waals surface area contributed by atoms with Gasteiger partial charge in [0.2, 0.25) is 5.91 Å². The Morgan fingerprint density at radius 1 is 1.40 bits per heavy atom. The van der Waals surface area contributed by atoms with Gasteiger partial charge < -0.3 is 5.73 Å². The molecule has 1 saturated heterocycles. The van der Waals surface area contributed by atoms with Gasteiger partial charge in [-0.3, -0.25) is 9.69 Å². The Kier molecular flexibility index (Phi) is 4.70. The van der Waals surface area contributed by atoms with E-state index in [4.69, 9.17) is 5.73 Å². The lowest BCUT2D eigenvalue weighted by Gasteiger charge is -2.36. The normalized spacial score (nSPS) is 18.9. The van der Waals surface area contributed by atoms with E-state index in [1.165, 1.54) is 12.1 Å². The van der Waals surface area contributed by atoms with Gasteiger partial charge in [0.05, 0.1) is 0 Å². The highest BCUT2D eigenvalue weighted by molar-refractivity contribution is 5.73. The first kappa shape index (κ1) is 14.9. The van der Waals surface area contributed by atoms with Gasteiger partial charge in [-0.1, -0.05) is 0 Å². The molecule has 0 unspecified atom stereocenters. The number of piperidine rings is 1. The maximum absolute atomic E-state index is 13.8. The molecule has 2 rings (SSSR count). The Hall–Kier alpha value is -1.49. The highest BCUT2D eigenvalue weighted by Gasteiger charge is 2.25. The molecule has 0 radical (unpaired) electrons. The van der Waals surface area contributed by atoms with Crippen molar-refractivity contribution < 1.29 is 13.6 Å². The second kappa shape index (κ2) is 6.31. The van der Waals surface area contributed by atoms with E-state index < -0.39 is 5.82 Å². The van der Waals surface area contributed by atoms with Crippen LogP contribution in [0.4, 0.5) is 8.78 Å². The first-order chi connectivity index (χ1) is 9.47. The SMILES string of the molecule is C[C@H](c1cc(F)ccc1F)N1CCC(CC(N)=O)CC1. The summed E-state index contributed by atoms with van der Waals surface area (Å²) in [6.45, 7) is 3.43. The number of benzene rings is 1. The molecule has 1 aromatic rings. The fourth-order valence-corrected chi connectivity index (χ4v) is 2.86. The van der Waals surface area contributed by atoms with Gasteiger partial charge in [0.25, 0.3) is 0 Å². The molecule has 1 amide bonds.